The van der Waals surface area contributed by atoms with E-state index in [1.165, 1.54) is 0 Å². The standard InChI is InChI=1S/C19H21N3O3/c23-18(21-9-3-4-10-21)15-12-13-6-5-11-22(17(13)20-15)16-8-2-1-7-14(16)19(24)25/h1-2,7-8,12,20H,3-6,9-11H2,(H,24,25). The molecule has 2 N–H and O–H groups in total. The number of carbonyl (C=O) groups excluding carboxylic acids is 1. The minimum absolute atomic E-state index is 0.0402. The number of aromatic amines is 1. The molecule has 0 spiro atoms. The molecule has 0 unspecified atom stereocenters. The quantitative estimate of drug-likeness (QED) is 0.901. The predicted octanol–water partition coefficient (Wildman–Crippen LogP) is 3.03. The Balaban J connectivity index is 1.71. The Bertz CT molecular complexity index is 821. The number of benzene rings is 1. The van der Waals surface area contributed by atoms with Crippen LogP contribution in [0.3, 0.4) is 0 Å². The summed E-state index contributed by atoms with van der Waals surface area (Å²) >= 11 is 0. The molecule has 4 rings (SSSR count). The summed E-state index contributed by atoms with van der Waals surface area (Å²) in [5.41, 5.74) is 2.62. The first-order valence-corrected chi connectivity index (χ1v) is 8.76. The zero-order chi connectivity index (χ0) is 17.4. The zero-order valence-corrected chi connectivity index (χ0v) is 14.0. The largest absolute Gasteiger partial charge is 0.478 e. The van der Waals surface area contributed by atoms with E-state index in [0.29, 0.717) is 11.4 Å². The van der Waals surface area contributed by atoms with Crippen molar-refractivity contribution in [3.8, 4) is 0 Å². The molecule has 2 aliphatic rings. The van der Waals surface area contributed by atoms with Crippen LogP contribution in [0.25, 0.3) is 0 Å². The summed E-state index contributed by atoms with van der Waals surface area (Å²) < 4.78 is 0. The first-order valence-electron chi connectivity index (χ1n) is 8.76. The van der Waals surface area contributed by atoms with E-state index in [-0.39, 0.29) is 11.5 Å². The van der Waals surface area contributed by atoms with Crippen molar-refractivity contribution in [3.05, 3.63) is 47.2 Å². The van der Waals surface area contributed by atoms with Gasteiger partial charge >= 0.3 is 5.97 Å². The molecule has 0 radical (unpaired) electrons. The zero-order valence-electron chi connectivity index (χ0n) is 14.0. The molecular weight excluding hydrogens is 318 g/mol. The highest BCUT2D eigenvalue weighted by Crippen LogP contribution is 2.35. The third-order valence-corrected chi connectivity index (χ3v) is 5.02. The Morgan fingerprint density at radius 1 is 1.04 bits per heavy atom. The van der Waals surface area contributed by atoms with E-state index in [9.17, 15) is 14.7 Å². The van der Waals surface area contributed by atoms with Gasteiger partial charge in [0.1, 0.15) is 11.5 Å². The summed E-state index contributed by atoms with van der Waals surface area (Å²) in [6.45, 7) is 2.36. The number of rotatable bonds is 3. The van der Waals surface area contributed by atoms with Crippen molar-refractivity contribution < 1.29 is 14.7 Å². The number of amides is 1. The normalized spacial score (nSPS) is 16.8. The molecule has 1 fully saturated rings. The van der Waals surface area contributed by atoms with Crippen LogP contribution in [0.1, 0.15) is 45.7 Å². The van der Waals surface area contributed by atoms with Crippen LogP contribution in [-0.4, -0.2) is 46.5 Å². The van der Waals surface area contributed by atoms with Crippen molar-refractivity contribution in [2.75, 3.05) is 24.5 Å². The molecule has 6 nitrogen and oxygen atoms in total. The van der Waals surface area contributed by atoms with Crippen LogP contribution in [0.5, 0.6) is 0 Å². The Morgan fingerprint density at radius 2 is 1.80 bits per heavy atom. The van der Waals surface area contributed by atoms with Crippen LogP contribution in [0, 0.1) is 0 Å². The number of hydrogen-bond acceptors (Lipinski definition) is 3. The molecule has 1 aromatic heterocycles. The highest BCUT2D eigenvalue weighted by Gasteiger charge is 2.27. The molecule has 1 aromatic carbocycles. The number of H-pyrrole nitrogens is 1. The highest BCUT2D eigenvalue weighted by molar-refractivity contribution is 5.97. The van der Waals surface area contributed by atoms with Crippen molar-refractivity contribution in [2.24, 2.45) is 0 Å². The lowest BCUT2D eigenvalue weighted by Gasteiger charge is -2.29. The van der Waals surface area contributed by atoms with Gasteiger partial charge in [-0.3, -0.25) is 4.79 Å². The molecule has 0 saturated carbocycles. The molecule has 130 valence electrons. The Morgan fingerprint density at radius 3 is 2.56 bits per heavy atom. The lowest BCUT2D eigenvalue weighted by molar-refractivity contribution is 0.0696. The number of likely N-dealkylation sites (tertiary alicyclic amines) is 1. The fraction of sp³-hybridized carbons (Fsp3) is 0.368. The molecule has 0 bridgehead atoms. The average molecular weight is 339 g/mol. The second-order valence-corrected chi connectivity index (χ2v) is 6.63. The Labute approximate surface area is 146 Å². The SMILES string of the molecule is O=C(O)c1ccccc1N1CCCc2cc(C(=O)N3CCCC3)[nH]c21. The molecule has 25 heavy (non-hydrogen) atoms. The van der Waals surface area contributed by atoms with Gasteiger partial charge < -0.3 is 19.9 Å². The summed E-state index contributed by atoms with van der Waals surface area (Å²) in [6.07, 6.45) is 3.94. The maximum Gasteiger partial charge on any atom is 0.337 e. The summed E-state index contributed by atoms with van der Waals surface area (Å²) in [6, 6.07) is 8.95. The first-order chi connectivity index (χ1) is 12.1. The topological polar surface area (TPSA) is 76.6 Å². The predicted molar refractivity (Wildman–Crippen MR) is 94.7 cm³/mol. The smallest absolute Gasteiger partial charge is 0.337 e. The van der Waals surface area contributed by atoms with E-state index >= 15 is 0 Å². The van der Waals surface area contributed by atoms with E-state index in [4.69, 9.17) is 0 Å². The van der Waals surface area contributed by atoms with Gasteiger partial charge in [0.25, 0.3) is 5.91 Å². The number of aromatic carboxylic acids is 1. The van der Waals surface area contributed by atoms with Crippen LogP contribution in [0.4, 0.5) is 11.5 Å². The van der Waals surface area contributed by atoms with E-state index in [2.05, 4.69) is 4.98 Å². The molecule has 1 saturated heterocycles. The van der Waals surface area contributed by atoms with Gasteiger partial charge in [-0.25, -0.2) is 4.79 Å². The summed E-state index contributed by atoms with van der Waals surface area (Å²) in [7, 11) is 0. The summed E-state index contributed by atoms with van der Waals surface area (Å²) in [5, 5.41) is 9.48. The van der Waals surface area contributed by atoms with Crippen LogP contribution in [-0.2, 0) is 6.42 Å². The van der Waals surface area contributed by atoms with E-state index in [1.807, 2.05) is 28.0 Å². The fourth-order valence-corrected chi connectivity index (χ4v) is 3.79. The lowest BCUT2D eigenvalue weighted by Crippen LogP contribution is -2.28. The fourth-order valence-electron chi connectivity index (χ4n) is 3.79. The van der Waals surface area contributed by atoms with Gasteiger partial charge in [-0.1, -0.05) is 12.1 Å². The van der Waals surface area contributed by atoms with Gasteiger partial charge in [0.2, 0.25) is 0 Å². The van der Waals surface area contributed by atoms with Crippen molar-refractivity contribution in [1.82, 2.24) is 9.88 Å². The number of carboxylic acids is 1. The number of carbonyl (C=O) groups is 2. The van der Waals surface area contributed by atoms with Crippen molar-refractivity contribution >= 4 is 23.4 Å². The van der Waals surface area contributed by atoms with Crippen molar-refractivity contribution in [1.29, 1.82) is 0 Å². The minimum atomic E-state index is -0.942. The van der Waals surface area contributed by atoms with Gasteiger partial charge in [0, 0.05) is 19.6 Å². The molecule has 2 aromatic rings. The minimum Gasteiger partial charge on any atom is -0.478 e. The van der Waals surface area contributed by atoms with Gasteiger partial charge in [-0.2, -0.15) is 0 Å². The number of hydrogen-bond donors (Lipinski definition) is 2. The summed E-state index contributed by atoms with van der Waals surface area (Å²) in [4.78, 5) is 31.4. The van der Waals surface area contributed by atoms with Crippen LogP contribution < -0.4 is 4.90 Å². The Hall–Kier alpha value is -2.76. The number of nitrogens with zero attached hydrogens (tertiary/aromatic N) is 2. The van der Waals surface area contributed by atoms with E-state index < -0.39 is 5.97 Å². The molecule has 0 aliphatic carbocycles. The second kappa shape index (κ2) is 6.27. The van der Waals surface area contributed by atoms with Crippen molar-refractivity contribution in [2.45, 2.75) is 25.7 Å². The monoisotopic (exact) mass is 339 g/mol. The van der Waals surface area contributed by atoms with Gasteiger partial charge in [0.15, 0.2) is 0 Å². The molecule has 2 aliphatic heterocycles. The van der Waals surface area contributed by atoms with E-state index in [0.717, 1.165) is 56.7 Å². The number of aryl methyl sites for hydroxylation is 1. The van der Waals surface area contributed by atoms with Gasteiger partial charge in [-0.05, 0) is 49.4 Å². The lowest BCUT2D eigenvalue weighted by atomic mass is 10.0. The molecule has 0 atom stereocenters. The van der Waals surface area contributed by atoms with E-state index in [1.54, 1.807) is 12.1 Å². The number of carboxylic acid groups (broad SMARTS) is 1. The maximum atomic E-state index is 12.7. The number of fused-ring (bicyclic) bond motifs is 1. The summed E-state index contributed by atoms with van der Waals surface area (Å²) in [5.74, 6) is -0.0523. The second-order valence-electron chi connectivity index (χ2n) is 6.63. The molecular formula is C19H21N3O3. The molecule has 6 heteroatoms. The van der Waals surface area contributed by atoms with Crippen LogP contribution >= 0.6 is 0 Å². The number of nitrogens with one attached hydrogen (secondary N) is 1. The highest BCUT2D eigenvalue weighted by atomic mass is 16.4. The van der Waals surface area contributed by atoms with Gasteiger partial charge in [-0.15, -0.1) is 0 Å². The molecule has 3 heterocycles. The molecule has 1 amide bonds. The van der Waals surface area contributed by atoms with Crippen molar-refractivity contribution in [3.63, 3.8) is 0 Å². The van der Waals surface area contributed by atoms with Gasteiger partial charge in [0.05, 0.1) is 11.3 Å². The third kappa shape index (κ3) is 2.77. The number of para-hydroxylation sites is 1. The average Bonchev–Trinajstić information content (AvgIpc) is 3.30. The Kier molecular flexibility index (Phi) is 3.95. The van der Waals surface area contributed by atoms with Crippen LogP contribution in [0.2, 0.25) is 0 Å². The van der Waals surface area contributed by atoms with Crippen LogP contribution in [0.15, 0.2) is 30.3 Å². The number of anilines is 2. The third-order valence-electron chi connectivity index (χ3n) is 5.02. The number of aromatic nitrogens is 1. The maximum absolute atomic E-state index is 12.7. The first kappa shape index (κ1) is 15.7.